The summed E-state index contributed by atoms with van der Waals surface area (Å²) >= 11 is 0. The van der Waals surface area contributed by atoms with Crippen LogP contribution in [0.3, 0.4) is 0 Å². The second-order valence-corrected chi connectivity index (χ2v) is 6.60. The minimum atomic E-state index is -0.0850. The molecule has 4 heteroatoms. The van der Waals surface area contributed by atoms with E-state index < -0.39 is 0 Å². The molecule has 0 spiro atoms. The Bertz CT molecular complexity index is 899. The van der Waals surface area contributed by atoms with Crippen molar-refractivity contribution in [1.29, 1.82) is 0 Å². The molecule has 3 aromatic rings. The number of amides is 1. The molecule has 3 aromatic carbocycles. The first kappa shape index (κ1) is 16.8. The lowest BCUT2D eigenvalue weighted by Crippen LogP contribution is -2.35. The summed E-state index contributed by atoms with van der Waals surface area (Å²) in [6, 6.07) is 21.9. The van der Waals surface area contributed by atoms with Crippen LogP contribution in [0.1, 0.15) is 15.9 Å². The quantitative estimate of drug-likeness (QED) is 0.778. The lowest BCUT2D eigenvalue weighted by Gasteiger charge is -2.26. The molecule has 1 N–H and O–H groups in total. The molecule has 0 aromatic heterocycles. The van der Waals surface area contributed by atoms with Gasteiger partial charge in [-0.05, 0) is 40.6 Å². The third-order valence-electron chi connectivity index (χ3n) is 4.73. The summed E-state index contributed by atoms with van der Waals surface area (Å²) in [5.74, 6) is -0.0850. The smallest absolute Gasteiger partial charge is 0.255 e. The van der Waals surface area contributed by atoms with E-state index >= 15 is 0 Å². The highest BCUT2D eigenvalue weighted by molar-refractivity contribution is 6.05. The van der Waals surface area contributed by atoms with Gasteiger partial charge in [0.25, 0.3) is 5.91 Å². The fourth-order valence-electron chi connectivity index (χ4n) is 3.25. The standard InChI is InChI=1S/C22H22N2O2/c25-22(23-21-10-9-18-3-1-2-4-20(18)15-21)19-7-5-17(6-8-19)16-24-11-13-26-14-12-24/h1-10,15H,11-14,16H2,(H,23,25). The third-order valence-corrected chi connectivity index (χ3v) is 4.73. The van der Waals surface area contributed by atoms with E-state index in [9.17, 15) is 4.79 Å². The second-order valence-electron chi connectivity index (χ2n) is 6.60. The lowest BCUT2D eigenvalue weighted by atomic mass is 10.1. The number of nitrogens with one attached hydrogen (secondary N) is 1. The molecule has 0 aliphatic carbocycles. The molecule has 1 amide bonds. The van der Waals surface area contributed by atoms with Crippen LogP contribution in [0.25, 0.3) is 10.8 Å². The number of morpholine rings is 1. The Balaban J connectivity index is 1.42. The zero-order valence-electron chi connectivity index (χ0n) is 14.7. The van der Waals surface area contributed by atoms with Gasteiger partial charge < -0.3 is 10.1 Å². The number of nitrogens with zero attached hydrogens (tertiary/aromatic N) is 1. The molecule has 26 heavy (non-hydrogen) atoms. The molecule has 1 fully saturated rings. The summed E-state index contributed by atoms with van der Waals surface area (Å²) in [5, 5.41) is 5.27. The van der Waals surface area contributed by atoms with Crippen LogP contribution in [0.5, 0.6) is 0 Å². The summed E-state index contributed by atoms with van der Waals surface area (Å²) in [4.78, 5) is 14.9. The van der Waals surface area contributed by atoms with Crippen LogP contribution < -0.4 is 5.32 Å². The molecule has 4 rings (SSSR count). The Kier molecular flexibility index (Phi) is 4.95. The number of carbonyl (C=O) groups excluding carboxylic acids is 1. The van der Waals surface area contributed by atoms with Crippen molar-refractivity contribution in [2.75, 3.05) is 31.6 Å². The first-order chi connectivity index (χ1) is 12.8. The van der Waals surface area contributed by atoms with Gasteiger partial charge in [-0.3, -0.25) is 9.69 Å². The average molecular weight is 346 g/mol. The molecule has 0 bridgehead atoms. The number of anilines is 1. The van der Waals surface area contributed by atoms with E-state index in [-0.39, 0.29) is 5.91 Å². The maximum absolute atomic E-state index is 12.5. The van der Waals surface area contributed by atoms with E-state index in [0.717, 1.165) is 49.3 Å². The minimum absolute atomic E-state index is 0.0850. The SMILES string of the molecule is O=C(Nc1ccc2ccccc2c1)c1ccc(CN2CCOCC2)cc1. The highest BCUT2D eigenvalue weighted by Gasteiger charge is 2.11. The highest BCUT2D eigenvalue weighted by atomic mass is 16.5. The van der Waals surface area contributed by atoms with E-state index in [4.69, 9.17) is 4.74 Å². The van der Waals surface area contributed by atoms with Crippen LogP contribution in [0.4, 0.5) is 5.69 Å². The number of hydrogen-bond donors (Lipinski definition) is 1. The predicted octanol–water partition coefficient (Wildman–Crippen LogP) is 3.92. The Morgan fingerprint density at radius 1 is 0.923 bits per heavy atom. The number of hydrogen-bond acceptors (Lipinski definition) is 3. The molecular formula is C22H22N2O2. The Labute approximate surface area is 153 Å². The maximum atomic E-state index is 12.5. The van der Waals surface area contributed by atoms with Crippen molar-refractivity contribution >= 4 is 22.4 Å². The van der Waals surface area contributed by atoms with Crippen molar-refractivity contribution in [3.05, 3.63) is 77.9 Å². The molecule has 132 valence electrons. The molecular weight excluding hydrogens is 324 g/mol. The molecule has 0 radical (unpaired) electrons. The van der Waals surface area contributed by atoms with Gasteiger partial charge in [0.1, 0.15) is 0 Å². The van der Waals surface area contributed by atoms with Crippen molar-refractivity contribution in [2.45, 2.75) is 6.54 Å². The van der Waals surface area contributed by atoms with Gasteiger partial charge in [-0.1, -0.05) is 42.5 Å². The summed E-state index contributed by atoms with van der Waals surface area (Å²) < 4.78 is 5.38. The summed E-state index contributed by atoms with van der Waals surface area (Å²) in [5.41, 5.74) is 2.70. The maximum Gasteiger partial charge on any atom is 0.255 e. The van der Waals surface area contributed by atoms with Gasteiger partial charge in [-0.2, -0.15) is 0 Å². The number of benzene rings is 3. The van der Waals surface area contributed by atoms with Crippen LogP contribution in [-0.2, 0) is 11.3 Å². The molecule has 1 saturated heterocycles. The Morgan fingerprint density at radius 2 is 1.65 bits per heavy atom. The van der Waals surface area contributed by atoms with Gasteiger partial charge in [-0.15, -0.1) is 0 Å². The van der Waals surface area contributed by atoms with Crippen molar-refractivity contribution in [1.82, 2.24) is 4.90 Å². The molecule has 1 aliphatic heterocycles. The summed E-state index contributed by atoms with van der Waals surface area (Å²) in [6.07, 6.45) is 0. The van der Waals surface area contributed by atoms with Crippen LogP contribution in [0.15, 0.2) is 66.7 Å². The normalized spacial score (nSPS) is 15.1. The number of carbonyl (C=O) groups is 1. The van der Waals surface area contributed by atoms with Gasteiger partial charge in [0.15, 0.2) is 0 Å². The number of fused-ring (bicyclic) bond motifs is 1. The van der Waals surface area contributed by atoms with E-state index in [0.29, 0.717) is 5.56 Å². The van der Waals surface area contributed by atoms with Crippen molar-refractivity contribution in [3.8, 4) is 0 Å². The zero-order valence-corrected chi connectivity index (χ0v) is 14.7. The Morgan fingerprint density at radius 3 is 2.42 bits per heavy atom. The summed E-state index contributed by atoms with van der Waals surface area (Å²) in [7, 11) is 0. The van der Waals surface area contributed by atoms with E-state index in [1.165, 1.54) is 5.56 Å². The molecule has 1 aliphatic rings. The zero-order chi connectivity index (χ0) is 17.8. The summed E-state index contributed by atoms with van der Waals surface area (Å²) in [6.45, 7) is 4.42. The van der Waals surface area contributed by atoms with Crippen LogP contribution >= 0.6 is 0 Å². The highest BCUT2D eigenvalue weighted by Crippen LogP contribution is 2.19. The van der Waals surface area contributed by atoms with Gasteiger partial charge in [-0.25, -0.2) is 0 Å². The van der Waals surface area contributed by atoms with E-state index in [1.54, 1.807) is 0 Å². The van der Waals surface area contributed by atoms with Crippen LogP contribution in [0, 0.1) is 0 Å². The van der Waals surface area contributed by atoms with Crippen LogP contribution in [-0.4, -0.2) is 37.1 Å². The van der Waals surface area contributed by atoms with Gasteiger partial charge >= 0.3 is 0 Å². The monoisotopic (exact) mass is 346 g/mol. The van der Waals surface area contributed by atoms with Crippen molar-refractivity contribution in [2.24, 2.45) is 0 Å². The minimum Gasteiger partial charge on any atom is -0.379 e. The number of ether oxygens (including phenoxy) is 1. The fraction of sp³-hybridized carbons (Fsp3) is 0.227. The van der Waals surface area contributed by atoms with Crippen LogP contribution in [0.2, 0.25) is 0 Å². The second kappa shape index (κ2) is 7.68. The first-order valence-corrected chi connectivity index (χ1v) is 8.97. The van der Waals surface area contributed by atoms with Gasteiger partial charge in [0, 0.05) is 30.9 Å². The first-order valence-electron chi connectivity index (χ1n) is 8.97. The topological polar surface area (TPSA) is 41.6 Å². The molecule has 1 heterocycles. The van der Waals surface area contributed by atoms with Gasteiger partial charge in [0.05, 0.1) is 13.2 Å². The largest absolute Gasteiger partial charge is 0.379 e. The Hall–Kier alpha value is -2.69. The van der Waals surface area contributed by atoms with Crippen molar-refractivity contribution in [3.63, 3.8) is 0 Å². The van der Waals surface area contributed by atoms with Crippen molar-refractivity contribution < 1.29 is 9.53 Å². The average Bonchev–Trinajstić information content (AvgIpc) is 2.69. The molecule has 4 nitrogen and oxygen atoms in total. The number of rotatable bonds is 4. The lowest BCUT2D eigenvalue weighted by molar-refractivity contribution is 0.0342. The van der Waals surface area contributed by atoms with E-state index in [2.05, 4.69) is 16.3 Å². The fourth-order valence-corrected chi connectivity index (χ4v) is 3.25. The molecule has 0 atom stereocenters. The predicted molar refractivity (Wildman–Crippen MR) is 104 cm³/mol. The van der Waals surface area contributed by atoms with E-state index in [1.807, 2.05) is 60.7 Å². The molecule has 0 unspecified atom stereocenters. The molecule has 0 saturated carbocycles. The van der Waals surface area contributed by atoms with Gasteiger partial charge in [0.2, 0.25) is 0 Å². The third kappa shape index (κ3) is 3.93.